The van der Waals surface area contributed by atoms with Crippen LogP contribution in [0.5, 0.6) is 0 Å². The highest BCUT2D eigenvalue weighted by molar-refractivity contribution is 5.82. The number of esters is 1. The number of aryl methyl sites for hydroxylation is 1. The normalized spacial score (nSPS) is 20.5. The number of piperidine rings is 1. The van der Waals surface area contributed by atoms with Crippen molar-refractivity contribution in [3.05, 3.63) is 35.6 Å². The fourth-order valence-corrected chi connectivity index (χ4v) is 3.49. The molecule has 0 unspecified atom stereocenters. The highest BCUT2D eigenvalue weighted by Gasteiger charge is 2.33. The number of fused-ring (bicyclic) bond motifs is 1. The number of rotatable bonds is 3. The van der Waals surface area contributed by atoms with Gasteiger partial charge in [0.1, 0.15) is 11.3 Å². The number of benzene rings is 1. The molecule has 1 aromatic carbocycles. The Morgan fingerprint density at radius 3 is 2.80 bits per heavy atom. The standard InChI is InChI=1S/C19H24N2O4/c1-12-11-21(9-8-14(12)18(22)24-3)19(23)20-10-17-13(2)15-6-4-5-7-16(15)25-17/h4-7,12,14H,8-11H2,1-3H3,(H,20,23)/t12-,14+/m1/s1. The minimum absolute atomic E-state index is 0.0832. The van der Waals surface area contributed by atoms with Gasteiger partial charge in [0.15, 0.2) is 0 Å². The fourth-order valence-electron chi connectivity index (χ4n) is 3.49. The molecule has 0 radical (unpaired) electrons. The number of amides is 2. The molecule has 1 saturated heterocycles. The quantitative estimate of drug-likeness (QED) is 0.869. The van der Waals surface area contributed by atoms with Crippen molar-refractivity contribution in [1.82, 2.24) is 10.2 Å². The number of likely N-dealkylation sites (tertiary alicyclic amines) is 1. The van der Waals surface area contributed by atoms with Crippen LogP contribution in [0.3, 0.4) is 0 Å². The van der Waals surface area contributed by atoms with Gasteiger partial charge in [-0.05, 0) is 25.3 Å². The molecule has 1 aliphatic rings. The second-order valence-corrected chi connectivity index (χ2v) is 6.65. The average Bonchev–Trinajstić information content (AvgIpc) is 2.95. The zero-order valence-electron chi connectivity index (χ0n) is 14.9. The summed E-state index contributed by atoms with van der Waals surface area (Å²) >= 11 is 0. The molecule has 1 fully saturated rings. The van der Waals surface area contributed by atoms with E-state index in [4.69, 9.17) is 9.15 Å². The zero-order valence-corrected chi connectivity index (χ0v) is 14.9. The summed E-state index contributed by atoms with van der Waals surface area (Å²) in [5.41, 5.74) is 1.88. The van der Waals surface area contributed by atoms with Gasteiger partial charge in [-0.1, -0.05) is 25.1 Å². The van der Waals surface area contributed by atoms with E-state index in [0.29, 0.717) is 26.1 Å². The van der Waals surface area contributed by atoms with Crippen LogP contribution in [0.25, 0.3) is 11.0 Å². The van der Waals surface area contributed by atoms with Crippen LogP contribution < -0.4 is 5.32 Å². The fraction of sp³-hybridized carbons (Fsp3) is 0.474. The maximum atomic E-state index is 12.4. The molecule has 6 heteroatoms. The first-order chi connectivity index (χ1) is 12.0. The summed E-state index contributed by atoms with van der Waals surface area (Å²) in [6.45, 7) is 5.42. The van der Waals surface area contributed by atoms with Crippen molar-refractivity contribution >= 4 is 23.0 Å². The lowest BCUT2D eigenvalue weighted by atomic mass is 9.87. The van der Waals surface area contributed by atoms with E-state index in [1.54, 1.807) is 4.90 Å². The lowest BCUT2D eigenvalue weighted by molar-refractivity contribution is -0.148. The Hall–Kier alpha value is -2.50. The van der Waals surface area contributed by atoms with Gasteiger partial charge in [-0.3, -0.25) is 4.79 Å². The number of carbonyl (C=O) groups excluding carboxylic acids is 2. The van der Waals surface area contributed by atoms with Gasteiger partial charge in [0.05, 0.1) is 19.6 Å². The number of hydrogen-bond acceptors (Lipinski definition) is 4. The number of ether oxygens (including phenoxy) is 1. The van der Waals surface area contributed by atoms with Crippen molar-refractivity contribution in [3.8, 4) is 0 Å². The largest absolute Gasteiger partial charge is 0.469 e. The highest BCUT2D eigenvalue weighted by atomic mass is 16.5. The molecule has 0 saturated carbocycles. The Kier molecular flexibility index (Phi) is 4.97. The molecular weight excluding hydrogens is 320 g/mol. The molecule has 6 nitrogen and oxygen atoms in total. The number of carbonyl (C=O) groups is 2. The third-order valence-corrected chi connectivity index (χ3v) is 5.04. The maximum Gasteiger partial charge on any atom is 0.317 e. The Morgan fingerprint density at radius 2 is 2.12 bits per heavy atom. The topological polar surface area (TPSA) is 71.8 Å². The van der Waals surface area contributed by atoms with Gasteiger partial charge < -0.3 is 19.4 Å². The molecular formula is C19H24N2O4. The van der Waals surface area contributed by atoms with Crippen molar-refractivity contribution < 1.29 is 18.7 Å². The predicted octanol–water partition coefficient (Wildman–Crippen LogP) is 3.08. The number of para-hydroxylation sites is 1. The molecule has 3 rings (SSSR count). The van der Waals surface area contributed by atoms with E-state index in [2.05, 4.69) is 5.32 Å². The number of nitrogens with zero attached hydrogens (tertiary/aromatic N) is 1. The van der Waals surface area contributed by atoms with E-state index in [0.717, 1.165) is 22.3 Å². The van der Waals surface area contributed by atoms with Gasteiger partial charge in [0.25, 0.3) is 0 Å². The van der Waals surface area contributed by atoms with Gasteiger partial charge in [-0.2, -0.15) is 0 Å². The first-order valence-corrected chi connectivity index (χ1v) is 8.59. The Labute approximate surface area is 147 Å². The van der Waals surface area contributed by atoms with E-state index in [9.17, 15) is 9.59 Å². The second kappa shape index (κ2) is 7.17. The molecule has 2 atom stereocenters. The molecule has 2 aromatic rings. The Bertz CT molecular complexity index is 783. The lowest BCUT2D eigenvalue weighted by Crippen LogP contribution is -2.48. The van der Waals surface area contributed by atoms with Crippen molar-refractivity contribution in [2.45, 2.75) is 26.8 Å². The number of nitrogens with one attached hydrogen (secondary N) is 1. The first kappa shape index (κ1) is 17.3. The van der Waals surface area contributed by atoms with Crippen molar-refractivity contribution in [2.24, 2.45) is 11.8 Å². The summed E-state index contributed by atoms with van der Waals surface area (Å²) in [5, 5.41) is 3.99. The summed E-state index contributed by atoms with van der Waals surface area (Å²) in [6, 6.07) is 7.71. The molecule has 0 spiro atoms. The third kappa shape index (κ3) is 3.48. The monoisotopic (exact) mass is 344 g/mol. The Morgan fingerprint density at radius 1 is 1.36 bits per heavy atom. The Balaban J connectivity index is 1.59. The highest BCUT2D eigenvalue weighted by Crippen LogP contribution is 2.26. The molecule has 134 valence electrons. The van der Waals surface area contributed by atoms with E-state index >= 15 is 0 Å². The van der Waals surface area contributed by atoms with Crippen LogP contribution in [0.4, 0.5) is 4.79 Å². The van der Waals surface area contributed by atoms with E-state index in [-0.39, 0.29) is 23.8 Å². The summed E-state index contributed by atoms with van der Waals surface area (Å²) in [7, 11) is 1.41. The van der Waals surface area contributed by atoms with Gasteiger partial charge >= 0.3 is 12.0 Å². The van der Waals surface area contributed by atoms with Crippen molar-refractivity contribution in [3.63, 3.8) is 0 Å². The van der Waals surface area contributed by atoms with Crippen LogP contribution in [0.15, 0.2) is 28.7 Å². The van der Waals surface area contributed by atoms with Gasteiger partial charge in [-0.15, -0.1) is 0 Å². The van der Waals surface area contributed by atoms with Crippen molar-refractivity contribution in [1.29, 1.82) is 0 Å². The minimum Gasteiger partial charge on any atom is -0.469 e. The van der Waals surface area contributed by atoms with E-state index in [1.807, 2.05) is 38.1 Å². The molecule has 25 heavy (non-hydrogen) atoms. The summed E-state index contributed by atoms with van der Waals surface area (Å²) in [5.74, 6) is 0.532. The van der Waals surface area contributed by atoms with E-state index < -0.39 is 0 Å². The van der Waals surface area contributed by atoms with Gasteiger partial charge in [0, 0.05) is 24.0 Å². The lowest BCUT2D eigenvalue weighted by Gasteiger charge is -2.35. The molecule has 1 aromatic heterocycles. The SMILES string of the molecule is COC(=O)[C@H]1CCN(C(=O)NCc2oc3ccccc3c2C)C[C@H]1C. The molecule has 1 N–H and O–H groups in total. The van der Waals surface area contributed by atoms with Gasteiger partial charge in [0.2, 0.25) is 0 Å². The van der Waals surface area contributed by atoms with Gasteiger partial charge in [-0.25, -0.2) is 4.79 Å². The number of furan rings is 1. The van der Waals surface area contributed by atoms with Crippen LogP contribution in [0.1, 0.15) is 24.7 Å². The number of hydrogen-bond donors (Lipinski definition) is 1. The van der Waals surface area contributed by atoms with Crippen LogP contribution in [0, 0.1) is 18.8 Å². The molecule has 2 heterocycles. The maximum absolute atomic E-state index is 12.4. The molecule has 0 aliphatic carbocycles. The van der Waals surface area contributed by atoms with Crippen LogP contribution in [0.2, 0.25) is 0 Å². The van der Waals surface area contributed by atoms with E-state index in [1.165, 1.54) is 7.11 Å². The average molecular weight is 344 g/mol. The summed E-state index contributed by atoms with van der Waals surface area (Å²) in [4.78, 5) is 25.9. The number of urea groups is 1. The summed E-state index contributed by atoms with van der Waals surface area (Å²) in [6.07, 6.45) is 0.630. The molecule has 1 aliphatic heterocycles. The first-order valence-electron chi connectivity index (χ1n) is 8.59. The number of methoxy groups -OCH3 is 1. The summed E-state index contributed by atoms with van der Waals surface area (Å²) < 4.78 is 10.7. The van der Waals surface area contributed by atoms with Crippen LogP contribution in [-0.2, 0) is 16.1 Å². The predicted molar refractivity (Wildman–Crippen MR) is 94.0 cm³/mol. The zero-order chi connectivity index (χ0) is 18.0. The van der Waals surface area contributed by atoms with Crippen molar-refractivity contribution in [2.75, 3.05) is 20.2 Å². The minimum atomic E-state index is -0.189. The molecule has 0 bridgehead atoms. The second-order valence-electron chi connectivity index (χ2n) is 6.65. The molecule has 2 amide bonds. The smallest absolute Gasteiger partial charge is 0.317 e. The van der Waals surface area contributed by atoms with Crippen LogP contribution in [-0.4, -0.2) is 37.1 Å². The van der Waals surface area contributed by atoms with Crippen LogP contribution >= 0.6 is 0 Å². The third-order valence-electron chi connectivity index (χ3n) is 5.04.